The molecule has 23 heavy (non-hydrogen) atoms. The van der Waals surface area contributed by atoms with Gasteiger partial charge in [0.1, 0.15) is 5.75 Å². The molecule has 0 aliphatic heterocycles. The maximum Gasteiger partial charge on any atom is 0.277 e. The van der Waals surface area contributed by atoms with Gasteiger partial charge in [-0.1, -0.05) is 26.0 Å². The predicted molar refractivity (Wildman–Crippen MR) is 93.9 cm³/mol. The molecular weight excluding hydrogens is 314 g/mol. The molecule has 2 N–H and O–H groups in total. The van der Waals surface area contributed by atoms with Crippen LogP contribution in [0.25, 0.3) is 0 Å². The Hall–Kier alpha value is -1.15. The molecule has 0 amide bonds. The minimum absolute atomic E-state index is 0.0281. The Labute approximate surface area is 140 Å². The van der Waals surface area contributed by atoms with E-state index in [1.807, 2.05) is 24.3 Å². The van der Waals surface area contributed by atoms with Gasteiger partial charge >= 0.3 is 0 Å². The maximum atomic E-state index is 12.0. The third-order valence-corrected chi connectivity index (χ3v) is 4.94. The molecule has 0 heterocycles. The van der Waals surface area contributed by atoms with Gasteiger partial charge in [0, 0.05) is 18.6 Å². The van der Waals surface area contributed by atoms with Crippen molar-refractivity contribution in [1.29, 1.82) is 0 Å². The number of nitrogens with zero attached hydrogens (tertiary/aromatic N) is 1. The minimum atomic E-state index is -3.50. The molecule has 1 aromatic rings. The van der Waals surface area contributed by atoms with Crippen molar-refractivity contribution in [1.82, 2.24) is 14.3 Å². The summed E-state index contributed by atoms with van der Waals surface area (Å²) in [5, 5.41) is 0. The number of methoxy groups -OCH3 is 1. The van der Waals surface area contributed by atoms with E-state index >= 15 is 0 Å². The van der Waals surface area contributed by atoms with Gasteiger partial charge in [-0.3, -0.25) is 4.90 Å². The molecule has 0 aromatic heterocycles. The molecule has 0 aliphatic rings. The van der Waals surface area contributed by atoms with E-state index in [2.05, 4.69) is 28.2 Å². The fraction of sp³-hybridized carbons (Fsp3) is 0.625. The highest BCUT2D eigenvalue weighted by Crippen LogP contribution is 2.22. The first-order valence-electron chi connectivity index (χ1n) is 7.97. The quantitative estimate of drug-likeness (QED) is 0.681. The van der Waals surface area contributed by atoms with Crippen LogP contribution in [-0.2, 0) is 10.2 Å². The first kappa shape index (κ1) is 19.9. The summed E-state index contributed by atoms with van der Waals surface area (Å²) in [4.78, 5) is 2.22. The lowest BCUT2D eigenvalue weighted by Gasteiger charge is -2.30. The van der Waals surface area contributed by atoms with Crippen molar-refractivity contribution in [3.05, 3.63) is 29.8 Å². The molecule has 0 radical (unpaired) electrons. The second kappa shape index (κ2) is 9.22. The number of hydrogen-bond acceptors (Lipinski definition) is 4. The van der Waals surface area contributed by atoms with Crippen LogP contribution >= 0.6 is 0 Å². The maximum absolute atomic E-state index is 12.0. The summed E-state index contributed by atoms with van der Waals surface area (Å²) in [5.41, 5.74) is 1.06. The molecule has 0 bridgehead atoms. The van der Waals surface area contributed by atoms with E-state index in [0.717, 1.165) is 24.4 Å². The molecule has 0 spiro atoms. The standard InChI is InChI=1S/C16H29N3O3S/c1-6-19(7-2)16(12-17-23(20,21)18-13(3)4)14-8-10-15(22-5)11-9-14/h8-11,13,16-18H,6-7,12H2,1-5H3. The Bertz CT molecular complexity index is 554. The SMILES string of the molecule is CCN(CC)C(CNS(=O)(=O)NC(C)C)c1ccc(OC)cc1. The van der Waals surface area contributed by atoms with Gasteiger partial charge in [-0.05, 0) is 44.6 Å². The van der Waals surface area contributed by atoms with Gasteiger partial charge in [-0.2, -0.15) is 13.1 Å². The smallest absolute Gasteiger partial charge is 0.277 e. The second-order valence-electron chi connectivity index (χ2n) is 5.63. The van der Waals surface area contributed by atoms with Gasteiger partial charge in [0.2, 0.25) is 0 Å². The van der Waals surface area contributed by atoms with Crippen LogP contribution in [0.1, 0.15) is 39.3 Å². The Morgan fingerprint density at radius 3 is 2.13 bits per heavy atom. The van der Waals surface area contributed by atoms with E-state index in [-0.39, 0.29) is 12.1 Å². The van der Waals surface area contributed by atoms with E-state index in [9.17, 15) is 8.42 Å². The van der Waals surface area contributed by atoms with Crippen LogP contribution in [0.4, 0.5) is 0 Å². The highest BCUT2D eigenvalue weighted by molar-refractivity contribution is 7.87. The van der Waals surface area contributed by atoms with Crippen LogP contribution in [0.3, 0.4) is 0 Å². The number of likely N-dealkylation sites (N-methyl/N-ethyl adjacent to an activating group) is 1. The number of nitrogens with one attached hydrogen (secondary N) is 2. The van der Waals surface area contributed by atoms with E-state index in [1.54, 1.807) is 21.0 Å². The molecule has 0 fully saturated rings. The van der Waals surface area contributed by atoms with Crippen LogP contribution in [0.5, 0.6) is 5.75 Å². The molecule has 132 valence electrons. The molecule has 0 saturated carbocycles. The summed E-state index contributed by atoms with van der Waals surface area (Å²) in [6.45, 7) is 9.73. The Kier molecular flexibility index (Phi) is 7.98. The van der Waals surface area contributed by atoms with E-state index in [0.29, 0.717) is 6.54 Å². The molecule has 1 aromatic carbocycles. The Balaban J connectivity index is 2.92. The highest BCUT2D eigenvalue weighted by atomic mass is 32.2. The number of hydrogen-bond donors (Lipinski definition) is 2. The van der Waals surface area contributed by atoms with Crippen molar-refractivity contribution in [3.63, 3.8) is 0 Å². The first-order chi connectivity index (χ1) is 10.8. The van der Waals surface area contributed by atoms with Crippen molar-refractivity contribution < 1.29 is 13.2 Å². The number of rotatable bonds is 10. The van der Waals surface area contributed by atoms with Gasteiger partial charge in [-0.15, -0.1) is 0 Å². The lowest BCUT2D eigenvalue weighted by Crippen LogP contribution is -2.44. The second-order valence-corrected chi connectivity index (χ2v) is 7.17. The summed E-state index contributed by atoms with van der Waals surface area (Å²) < 4.78 is 34.4. The van der Waals surface area contributed by atoms with Crippen molar-refractivity contribution >= 4 is 10.2 Å². The van der Waals surface area contributed by atoms with Crippen molar-refractivity contribution in [2.75, 3.05) is 26.7 Å². The van der Waals surface area contributed by atoms with E-state index in [4.69, 9.17) is 4.74 Å². The lowest BCUT2D eigenvalue weighted by atomic mass is 10.1. The van der Waals surface area contributed by atoms with Gasteiger partial charge < -0.3 is 4.74 Å². The summed E-state index contributed by atoms with van der Waals surface area (Å²) in [6, 6.07) is 7.58. The fourth-order valence-electron chi connectivity index (χ4n) is 2.49. The van der Waals surface area contributed by atoms with E-state index < -0.39 is 10.2 Å². The van der Waals surface area contributed by atoms with Crippen molar-refractivity contribution in [3.8, 4) is 5.75 Å². The highest BCUT2D eigenvalue weighted by Gasteiger charge is 2.21. The van der Waals surface area contributed by atoms with Gasteiger partial charge in [-0.25, -0.2) is 4.72 Å². The average Bonchev–Trinajstić information content (AvgIpc) is 2.50. The summed E-state index contributed by atoms with van der Waals surface area (Å²) >= 11 is 0. The van der Waals surface area contributed by atoms with Gasteiger partial charge in [0.15, 0.2) is 0 Å². The number of ether oxygens (including phenoxy) is 1. The normalized spacial score (nSPS) is 13.5. The zero-order valence-electron chi connectivity index (χ0n) is 14.7. The molecule has 7 heteroatoms. The minimum Gasteiger partial charge on any atom is -0.497 e. The van der Waals surface area contributed by atoms with Gasteiger partial charge in [0.25, 0.3) is 10.2 Å². The summed E-state index contributed by atoms with van der Waals surface area (Å²) in [5.74, 6) is 0.786. The Morgan fingerprint density at radius 1 is 1.13 bits per heavy atom. The monoisotopic (exact) mass is 343 g/mol. The van der Waals surface area contributed by atoms with Crippen molar-refractivity contribution in [2.45, 2.75) is 39.8 Å². The Morgan fingerprint density at radius 2 is 1.70 bits per heavy atom. The lowest BCUT2D eigenvalue weighted by molar-refractivity contribution is 0.219. The van der Waals surface area contributed by atoms with Crippen LogP contribution < -0.4 is 14.2 Å². The van der Waals surface area contributed by atoms with Crippen LogP contribution in [-0.4, -0.2) is 46.1 Å². The van der Waals surface area contributed by atoms with Gasteiger partial charge in [0.05, 0.1) is 7.11 Å². The third-order valence-electron chi connectivity index (χ3n) is 3.61. The van der Waals surface area contributed by atoms with E-state index in [1.165, 1.54) is 0 Å². The molecule has 6 nitrogen and oxygen atoms in total. The van der Waals surface area contributed by atoms with Crippen LogP contribution in [0, 0.1) is 0 Å². The fourth-order valence-corrected chi connectivity index (χ4v) is 3.57. The molecular formula is C16H29N3O3S. The molecule has 0 saturated heterocycles. The average molecular weight is 343 g/mol. The molecule has 1 rings (SSSR count). The van der Waals surface area contributed by atoms with Crippen LogP contribution in [0.2, 0.25) is 0 Å². The largest absolute Gasteiger partial charge is 0.497 e. The summed E-state index contributed by atoms with van der Waals surface area (Å²) in [6.07, 6.45) is 0. The molecule has 1 atom stereocenters. The topological polar surface area (TPSA) is 70.7 Å². The zero-order chi connectivity index (χ0) is 17.5. The first-order valence-corrected chi connectivity index (χ1v) is 9.46. The summed E-state index contributed by atoms with van der Waals surface area (Å²) in [7, 11) is -1.87. The molecule has 1 unspecified atom stereocenters. The number of benzene rings is 1. The molecule has 0 aliphatic carbocycles. The van der Waals surface area contributed by atoms with Crippen molar-refractivity contribution in [2.24, 2.45) is 0 Å². The zero-order valence-corrected chi connectivity index (χ0v) is 15.5. The van der Waals surface area contributed by atoms with Crippen LogP contribution in [0.15, 0.2) is 24.3 Å². The third kappa shape index (κ3) is 6.47. The predicted octanol–water partition coefficient (Wildman–Crippen LogP) is 1.91.